The van der Waals surface area contributed by atoms with Crippen LogP contribution in [0.4, 0.5) is 5.69 Å². The number of rotatable bonds is 4. The third-order valence-electron chi connectivity index (χ3n) is 2.26. The molecule has 0 saturated heterocycles. The van der Waals surface area contributed by atoms with E-state index in [1.54, 1.807) is 18.2 Å². The summed E-state index contributed by atoms with van der Waals surface area (Å²) < 4.78 is 5.30. The lowest BCUT2D eigenvalue weighted by Crippen LogP contribution is -1.97. The van der Waals surface area contributed by atoms with Gasteiger partial charge < -0.3 is 9.52 Å². The van der Waals surface area contributed by atoms with Crippen molar-refractivity contribution in [3.63, 3.8) is 0 Å². The minimum absolute atomic E-state index is 0.212. The molecule has 5 heteroatoms. The van der Waals surface area contributed by atoms with E-state index in [4.69, 9.17) is 9.52 Å². The molecule has 2 N–H and O–H groups in total. The minimum Gasteiger partial charge on any atom is -0.478 e. The number of nitrogens with zero attached hydrogens (tertiary/aromatic N) is 1. The van der Waals surface area contributed by atoms with Gasteiger partial charge in [0, 0.05) is 0 Å². The molecule has 0 fully saturated rings. The van der Waals surface area contributed by atoms with Gasteiger partial charge in [-0.15, -0.1) is 0 Å². The first-order valence-electron chi connectivity index (χ1n) is 5.34. The Kier molecular flexibility index (Phi) is 3.43. The second-order valence-corrected chi connectivity index (χ2v) is 3.70. The second kappa shape index (κ2) is 5.18. The van der Waals surface area contributed by atoms with Gasteiger partial charge in [-0.2, -0.15) is 5.10 Å². The van der Waals surface area contributed by atoms with E-state index in [-0.39, 0.29) is 5.56 Å². The lowest BCUT2D eigenvalue weighted by molar-refractivity contribution is 0.0697. The maximum atomic E-state index is 10.8. The van der Waals surface area contributed by atoms with Crippen molar-refractivity contribution in [3.05, 3.63) is 53.5 Å². The van der Waals surface area contributed by atoms with Crippen LogP contribution in [0.5, 0.6) is 0 Å². The number of carbonyl (C=O) groups is 1. The summed E-state index contributed by atoms with van der Waals surface area (Å²) in [5.74, 6) is 0.475. The van der Waals surface area contributed by atoms with Crippen LogP contribution in [0.2, 0.25) is 0 Å². The van der Waals surface area contributed by atoms with Crippen molar-refractivity contribution in [1.29, 1.82) is 0 Å². The maximum Gasteiger partial charge on any atom is 0.335 e. The topological polar surface area (TPSA) is 74.8 Å². The minimum atomic E-state index is -0.968. The van der Waals surface area contributed by atoms with Crippen molar-refractivity contribution < 1.29 is 14.3 Å². The Morgan fingerprint density at radius 3 is 2.89 bits per heavy atom. The van der Waals surface area contributed by atoms with Crippen LogP contribution >= 0.6 is 0 Å². The molecular formula is C13H12N2O3. The number of nitrogens with one attached hydrogen (secondary N) is 1. The number of furan rings is 1. The molecule has 5 nitrogen and oxygen atoms in total. The first-order valence-corrected chi connectivity index (χ1v) is 5.34. The van der Waals surface area contributed by atoms with E-state index in [1.807, 2.05) is 13.0 Å². The highest BCUT2D eigenvalue weighted by molar-refractivity contribution is 5.88. The molecule has 1 aromatic carbocycles. The summed E-state index contributed by atoms with van der Waals surface area (Å²) in [7, 11) is 0. The van der Waals surface area contributed by atoms with Crippen molar-refractivity contribution in [2.24, 2.45) is 5.10 Å². The van der Waals surface area contributed by atoms with Crippen LogP contribution in [0.1, 0.15) is 21.9 Å². The lowest BCUT2D eigenvalue weighted by Gasteiger charge is -2.00. The molecule has 18 heavy (non-hydrogen) atoms. The highest BCUT2D eigenvalue weighted by atomic mass is 16.4. The Morgan fingerprint density at radius 2 is 2.22 bits per heavy atom. The van der Waals surface area contributed by atoms with Crippen molar-refractivity contribution in [3.8, 4) is 0 Å². The molecule has 1 aromatic heterocycles. The number of anilines is 1. The number of aromatic carboxylic acids is 1. The van der Waals surface area contributed by atoms with Crippen LogP contribution in [0, 0.1) is 6.92 Å². The molecule has 0 bridgehead atoms. The third kappa shape index (κ3) is 2.98. The molecule has 0 aliphatic rings. The normalized spacial score (nSPS) is 10.7. The van der Waals surface area contributed by atoms with Crippen LogP contribution in [0.25, 0.3) is 0 Å². The number of hydrogen-bond acceptors (Lipinski definition) is 4. The van der Waals surface area contributed by atoms with Gasteiger partial charge in [-0.25, -0.2) is 4.79 Å². The Labute approximate surface area is 104 Å². The van der Waals surface area contributed by atoms with Crippen molar-refractivity contribution in [2.45, 2.75) is 6.92 Å². The summed E-state index contributed by atoms with van der Waals surface area (Å²) in [5, 5.41) is 12.8. The van der Waals surface area contributed by atoms with Gasteiger partial charge in [0.25, 0.3) is 0 Å². The van der Waals surface area contributed by atoms with Crippen LogP contribution in [0.15, 0.2) is 45.9 Å². The highest BCUT2D eigenvalue weighted by Gasteiger charge is 2.02. The molecule has 0 aliphatic carbocycles. The fourth-order valence-corrected chi connectivity index (χ4v) is 1.42. The molecule has 2 rings (SSSR count). The molecule has 0 aliphatic heterocycles. The van der Waals surface area contributed by atoms with Gasteiger partial charge in [0.05, 0.1) is 17.5 Å². The zero-order valence-electron chi connectivity index (χ0n) is 9.75. The molecular weight excluding hydrogens is 232 g/mol. The highest BCUT2D eigenvalue weighted by Crippen LogP contribution is 2.10. The zero-order chi connectivity index (χ0) is 13.0. The molecule has 0 spiro atoms. The van der Waals surface area contributed by atoms with E-state index in [9.17, 15) is 4.79 Å². The van der Waals surface area contributed by atoms with E-state index in [0.717, 1.165) is 5.76 Å². The van der Waals surface area contributed by atoms with Crippen molar-refractivity contribution >= 4 is 17.9 Å². The predicted octanol–water partition coefficient (Wildman–Crippen LogP) is 2.73. The molecule has 92 valence electrons. The smallest absolute Gasteiger partial charge is 0.335 e. The van der Waals surface area contributed by atoms with Crippen LogP contribution in [0.3, 0.4) is 0 Å². The number of hydrogen-bond donors (Lipinski definition) is 2. The SMILES string of the molecule is Cc1ccc(/C=N/Nc2cccc(C(=O)O)c2)o1. The molecule has 1 heterocycles. The molecule has 0 atom stereocenters. The van der Waals surface area contributed by atoms with E-state index in [2.05, 4.69) is 10.5 Å². The van der Waals surface area contributed by atoms with Crippen LogP contribution in [-0.4, -0.2) is 17.3 Å². The fourth-order valence-electron chi connectivity index (χ4n) is 1.42. The summed E-state index contributed by atoms with van der Waals surface area (Å²) >= 11 is 0. The van der Waals surface area contributed by atoms with Gasteiger partial charge in [-0.1, -0.05) is 6.07 Å². The Bertz CT molecular complexity index is 587. The molecule has 0 saturated carbocycles. The van der Waals surface area contributed by atoms with Gasteiger partial charge in [0.15, 0.2) is 0 Å². The van der Waals surface area contributed by atoms with E-state index < -0.39 is 5.97 Å². The summed E-state index contributed by atoms with van der Waals surface area (Å²) in [6, 6.07) is 10.1. The lowest BCUT2D eigenvalue weighted by atomic mass is 10.2. The molecule has 0 unspecified atom stereocenters. The zero-order valence-corrected chi connectivity index (χ0v) is 9.75. The standard InChI is InChI=1S/C13H12N2O3/c1-9-5-6-12(18-9)8-14-15-11-4-2-3-10(7-11)13(16)17/h2-8,15H,1H3,(H,16,17)/b14-8+. The average molecular weight is 244 g/mol. The van der Waals surface area contributed by atoms with Gasteiger partial charge >= 0.3 is 5.97 Å². The average Bonchev–Trinajstić information content (AvgIpc) is 2.75. The fraction of sp³-hybridized carbons (Fsp3) is 0.0769. The van der Waals surface area contributed by atoms with Gasteiger partial charge in [-0.05, 0) is 37.3 Å². The van der Waals surface area contributed by atoms with Crippen molar-refractivity contribution in [1.82, 2.24) is 0 Å². The van der Waals surface area contributed by atoms with E-state index in [0.29, 0.717) is 11.4 Å². The van der Waals surface area contributed by atoms with E-state index in [1.165, 1.54) is 18.3 Å². The Balaban J connectivity index is 2.04. The summed E-state index contributed by atoms with van der Waals surface area (Å²) in [6.45, 7) is 1.85. The van der Waals surface area contributed by atoms with E-state index >= 15 is 0 Å². The summed E-state index contributed by atoms with van der Waals surface area (Å²) in [5.41, 5.74) is 3.56. The first-order chi connectivity index (χ1) is 8.65. The monoisotopic (exact) mass is 244 g/mol. The molecule has 2 aromatic rings. The summed E-state index contributed by atoms with van der Waals surface area (Å²) in [6.07, 6.45) is 1.53. The van der Waals surface area contributed by atoms with Crippen LogP contribution < -0.4 is 5.43 Å². The number of aryl methyl sites for hydroxylation is 1. The molecule has 0 amide bonds. The number of carboxylic acid groups (broad SMARTS) is 1. The third-order valence-corrected chi connectivity index (χ3v) is 2.26. The number of benzene rings is 1. The maximum absolute atomic E-state index is 10.8. The van der Waals surface area contributed by atoms with Crippen molar-refractivity contribution in [2.75, 3.05) is 5.43 Å². The number of hydrazone groups is 1. The predicted molar refractivity (Wildman–Crippen MR) is 68.1 cm³/mol. The van der Waals surface area contributed by atoms with Gasteiger partial charge in [0.2, 0.25) is 0 Å². The van der Waals surface area contributed by atoms with Crippen LogP contribution in [-0.2, 0) is 0 Å². The second-order valence-electron chi connectivity index (χ2n) is 3.70. The Hall–Kier alpha value is -2.56. The van der Waals surface area contributed by atoms with Gasteiger partial charge in [0.1, 0.15) is 11.5 Å². The number of carboxylic acids is 1. The molecule has 0 radical (unpaired) electrons. The van der Waals surface area contributed by atoms with Gasteiger partial charge in [-0.3, -0.25) is 5.43 Å². The first kappa shape index (κ1) is 11.9. The summed E-state index contributed by atoms with van der Waals surface area (Å²) in [4.78, 5) is 10.8. The Morgan fingerprint density at radius 1 is 1.39 bits per heavy atom. The quantitative estimate of drug-likeness (QED) is 0.640. The largest absolute Gasteiger partial charge is 0.478 e.